The van der Waals surface area contributed by atoms with Gasteiger partial charge in [0.25, 0.3) is 0 Å². The highest BCUT2D eigenvalue weighted by molar-refractivity contribution is 7.17. The molecule has 1 saturated heterocycles. The maximum Gasteiger partial charge on any atom is 0.223 e. The summed E-state index contributed by atoms with van der Waals surface area (Å²) in [6.07, 6.45) is 1.69. The summed E-state index contributed by atoms with van der Waals surface area (Å²) in [4.78, 5) is 14.7. The van der Waals surface area contributed by atoms with Gasteiger partial charge in [0.05, 0.1) is 0 Å². The Morgan fingerprint density at radius 3 is 2.36 bits per heavy atom. The lowest BCUT2D eigenvalue weighted by Crippen LogP contribution is -2.40. The van der Waals surface area contributed by atoms with Crippen LogP contribution in [0.15, 0.2) is 42.5 Å². The van der Waals surface area contributed by atoms with Crippen LogP contribution in [0.3, 0.4) is 0 Å². The van der Waals surface area contributed by atoms with Crippen LogP contribution in [-0.2, 0) is 11.3 Å². The number of anilines is 1. The Labute approximate surface area is 169 Å². The molecule has 1 N–H and O–H groups in total. The summed E-state index contributed by atoms with van der Waals surface area (Å²) >= 11 is 1.61. The zero-order chi connectivity index (χ0) is 19.5. The van der Waals surface area contributed by atoms with Crippen molar-refractivity contribution in [2.24, 2.45) is 5.92 Å². The van der Waals surface area contributed by atoms with Crippen molar-refractivity contribution in [3.63, 3.8) is 0 Å². The van der Waals surface area contributed by atoms with Crippen molar-refractivity contribution >= 4 is 22.4 Å². The smallest absolute Gasteiger partial charge is 0.223 e. The Bertz CT molecular complexity index is 921. The van der Waals surface area contributed by atoms with Crippen molar-refractivity contribution in [1.29, 1.82) is 0 Å². The van der Waals surface area contributed by atoms with E-state index in [4.69, 9.17) is 0 Å². The molecule has 6 nitrogen and oxygen atoms in total. The Kier molecular flexibility index (Phi) is 5.43. The lowest BCUT2D eigenvalue weighted by atomic mass is 9.96. The fourth-order valence-corrected chi connectivity index (χ4v) is 4.68. The molecule has 7 heteroatoms. The Balaban J connectivity index is 1.32. The number of piperidine rings is 1. The quantitative estimate of drug-likeness (QED) is 0.718. The highest BCUT2D eigenvalue weighted by Gasteiger charge is 2.26. The van der Waals surface area contributed by atoms with Gasteiger partial charge in [-0.2, -0.15) is 0 Å². The molecule has 0 aliphatic carbocycles. The molecular weight excluding hydrogens is 370 g/mol. The molecule has 0 bridgehead atoms. The number of aryl methyl sites for hydroxylation is 2. The summed E-state index contributed by atoms with van der Waals surface area (Å²) in [7, 11) is 0. The first-order chi connectivity index (χ1) is 13.6. The van der Waals surface area contributed by atoms with Crippen LogP contribution in [-0.4, -0.2) is 33.8 Å². The SMILES string of the molecule is Cc1ccc(C)n1-c1nnc(N2CCC(C(=O)NCc3ccccc3)CC2)s1. The number of amides is 1. The van der Waals surface area contributed by atoms with Crippen molar-refractivity contribution in [3.05, 3.63) is 59.4 Å². The van der Waals surface area contributed by atoms with Gasteiger partial charge in [0.15, 0.2) is 0 Å². The number of hydrogen-bond donors (Lipinski definition) is 1. The highest BCUT2D eigenvalue weighted by Crippen LogP contribution is 2.29. The molecule has 1 fully saturated rings. The lowest BCUT2D eigenvalue weighted by Gasteiger charge is -2.30. The fourth-order valence-electron chi connectivity index (χ4n) is 3.66. The van der Waals surface area contributed by atoms with Crippen LogP contribution < -0.4 is 10.2 Å². The molecular formula is C21H25N5OS. The summed E-state index contributed by atoms with van der Waals surface area (Å²) < 4.78 is 2.13. The summed E-state index contributed by atoms with van der Waals surface area (Å²) in [6.45, 7) is 6.42. The first-order valence-corrected chi connectivity index (χ1v) is 10.5. The van der Waals surface area contributed by atoms with Gasteiger partial charge in [0, 0.05) is 36.9 Å². The van der Waals surface area contributed by atoms with E-state index in [1.165, 1.54) is 0 Å². The molecule has 146 valence electrons. The lowest BCUT2D eigenvalue weighted by molar-refractivity contribution is -0.125. The minimum absolute atomic E-state index is 0.0706. The van der Waals surface area contributed by atoms with Gasteiger partial charge in [-0.05, 0) is 44.4 Å². The predicted molar refractivity (Wildman–Crippen MR) is 112 cm³/mol. The van der Waals surface area contributed by atoms with E-state index < -0.39 is 0 Å². The summed E-state index contributed by atoms with van der Waals surface area (Å²) in [5.41, 5.74) is 3.45. The van der Waals surface area contributed by atoms with Crippen LogP contribution in [0.1, 0.15) is 29.8 Å². The molecule has 4 rings (SSSR count). The van der Waals surface area contributed by atoms with Gasteiger partial charge >= 0.3 is 0 Å². The van der Waals surface area contributed by atoms with Gasteiger partial charge in [-0.3, -0.25) is 9.36 Å². The standard InChI is InChI=1S/C21H25N5OS/c1-15-8-9-16(2)26(15)21-24-23-20(28-21)25-12-10-18(11-13-25)19(27)22-14-17-6-4-3-5-7-17/h3-9,18H,10-14H2,1-2H3,(H,22,27). The zero-order valence-electron chi connectivity index (χ0n) is 16.3. The third-order valence-corrected chi connectivity index (χ3v) is 6.28. The van der Waals surface area contributed by atoms with E-state index >= 15 is 0 Å². The monoisotopic (exact) mass is 395 g/mol. The fraction of sp³-hybridized carbons (Fsp3) is 0.381. The van der Waals surface area contributed by atoms with Crippen molar-refractivity contribution in [2.45, 2.75) is 33.2 Å². The van der Waals surface area contributed by atoms with E-state index in [0.29, 0.717) is 6.54 Å². The maximum absolute atomic E-state index is 12.5. The Morgan fingerprint density at radius 1 is 1.04 bits per heavy atom. The summed E-state index contributed by atoms with van der Waals surface area (Å²) in [5, 5.41) is 13.7. The van der Waals surface area contributed by atoms with Gasteiger partial charge in [-0.15, -0.1) is 10.2 Å². The number of nitrogens with one attached hydrogen (secondary N) is 1. The van der Waals surface area contributed by atoms with E-state index in [1.807, 2.05) is 30.3 Å². The number of carbonyl (C=O) groups excluding carboxylic acids is 1. The van der Waals surface area contributed by atoms with Crippen molar-refractivity contribution in [1.82, 2.24) is 20.1 Å². The van der Waals surface area contributed by atoms with Crippen LogP contribution >= 0.6 is 11.3 Å². The van der Waals surface area contributed by atoms with Gasteiger partial charge in [0.1, 0.15) is 0 Å². The zero-order valence-corrected chi connectivity index (χ0v) is 17.1. The third-order valence-electron chi connectivity index (χ3n) is 5.31. The largest absolute Gasteiger partial charge is 0.352 e. The minimum atomic E-state index is 0.0706. The van der Waals surface area contributed by atoms with E-state index in [9.17, 15) is 4.79 Å². The molecule has 2 aromatic heterocycles. The molecule has 0 spiro atoms. The predicted octanol–water partition coefficient (Wildman–Crippen LogP) is 3.48. The normalized spacial score (nSPS) is 15.0. The van der Waals surface area contributed by atoms with Crippen molar-refractivity contribution < 1.29 is 4.79 Å². The van der Waals surface area contributed by atoms with Gasteiger partial charge in [-0.25, -0.2) is 0 Å². The second kappa shape index (κ2) is 8.14. The second-order valence-corrected chi connectivity index (χ2v) is 8.22. The minimum Gasteiger partial charge on any atom is -0.352 e. The maximum atomic E-state index is 12.5. The molecule has 0 unspecified atom stereocenters. The van der Waals surface area contributed by atoms with Crippen LogP contribution in [0.4, 0.5) is 5.13 Å². The number of rotatable bonds is 5. The molecule has 0 atom stereocenters. The molecule has 28 heavy (non-hydrogen) atoms. The molecule has 3 aromatic rings. The molecule has 1 amide bonds. The van der Waals surface area contributed by atoms with Crippen LogP contribution in [0.25, 0.3) is 5.13 Å². The van der Waals surface area contributed by atoms with E-state index in [0.717, 1.165) is 53.1 Å². The first-order valence-electron chi connectivity index (χ1n) is 9.67. The molecule has 1 aliphatic rings. The molecule has 1 aromatic carbocycles. The van der Waals surface area contributed by atoms with E-state index in [2.05, 4.69) is 51.0 Å². The number of aromatic nitrogens is 3. The van der Waals surface area contributed by atoms with Crippen LogP contribution in [0.5, 0.6) is 0 Å². The Morgan fingerprint density at radius 2 is 1.68 bits per heavy atom. The van der Waals surface area contributed by atoms with Crippen molar-refractivity contribution in [3.8, 4) is 5.13 Å². The molecule has 0 saturated carbocycles. The number of hydrogen-bond acceptors (Lipinski definition) is 5. The van der Waals surface area contributed by atoms with Gasteiger partial charge < -0.3 is 10.2 Å². The van der Waals surface area contributed by atoms with Crippen molar-refractivity contribution in [2.75, 3.05) is 18.0 Å². The third kappa shape index (κ3) is 3.94. The summed E-state index contributed by atoms with van der Waals surface area (Å²) in [6, 6.07) is 14.2. The van der Waals surface area contributed by atoms with Crippen LogP contribution in [0, 0.1) is 19.8 Å². The average molecular weight is 396 g/mol. The average Bonchev–Trinajstić information content (AvgIpc) is 3.33. The van der Waals surface area contributed by atoms with Gasteiger partial charge in [0.2, 0.25) is 16.2 Å². The topological polar surface area (TPSA) is 63.1 Å². The number of nitrogens with zero attached hydrogens (tertiary/aromatic N) is 4. The van der Waals surface area contributed by atoms with Crippen LogP contribution in [0.2, 0.25) is 0 Å². The number of benzene rings is 1. The van der Waals surface area contributed by atoms with E-state index in [1.54, 1.807) is 11.3 Å². The number of carbonyl (C=O) groups is 1. The van der Waals surface area contributed by atoms with E-state index in [-0.39, 0.29) is 11.8 Å². The summed E-state index contributed by atoms with van der Waals surface area (Å²) in [5.74, 6) is 0.223. The second-order valence-electron chi connectivity index (χ2n) is 7.28. The first kappa shape index (κ1) is 18.7. The molecule has 1 aliphatic heterocycles. The molecule has 3 heterocycles. The Hall–Kier alpha value is -2.67. The molecule has 0 radical (unpaired) electrons. The van der Waals surface area contributed by atoms with Gasteiger partial charge in [-0.1, -0.05) is 41.7 Å². The highest BCUT2D eigenvalue weighted by atomic mass is 32.1.